The summed E-state index contributed by atoms with van der Waals surface area (Å²) in [5.74, 6) is 0.690. The molecule has 0 amide bonds. The van der Waals surface area contributed by atoms with E-state index in [9.17, 15) is 0 Å². The maximum absolute atomic E-state index is 5.73. The topological polar surface area (TPSA) is 29.3 Å². The van der Waals surface area contributed by atoms with Crippen LogP contribution in [0.1, 0.15) is 25.3 Å². The highest BCUT2D eigenvalue weighted by Crippen LogP contribution is 2.24. The van der Waals surface area contributed by atoms with E-state index >= 15 is 0 Å². The molecule has 1 heterocycles. The van der Waals surface area contributed by atoms with Gasteiger partial charge in [-0.05, 0) is 43.0 Å². The van der Waals surface area contributed by atoms with Gasteiger partial charge >= 0.3 is 0 Å². The summed E-state index contributed by atoms with van der Waals surface area (Å²) in [7, 11) is 0. The Balaban J connectivity index is 2.06. The number of nitrogens with two attached hydrogens (primary N) is 1. The fraction of sp³-hybridized carbons (Fsp3) is 0.571. The molecule has 0 aliphatic carbocycles. The minimum Gasteiger partial charge on any atom is -0.371 e. The third-order valence-electron chi connectivity index (χ3n) is 3.43. The Labute approximate surface area is 98.4 Å². The summed E-state index contributed by atoms with van der Waals surface area (Å²) in [5, 5.41) is 0. The van der Waals surface area contributed by atoms with Gasteiger partial charge in [0.2, 0.25) is 0 Å². The van der Waals surface area contributed by atoms with Crippen LogP contribution in [0.15, 0.2) is 24.3 Å². The van der Waals surface area contributed by atoms with Crippen LogP contribution in [0.4, 0.5) is 5.69 Å². The molecule has 1 aromatic carbocycles. The number of aryl methyl sites for hydroxylation is 1. The SMILES string of the molecule is CCCc1cccc(N2CCC(CN)C2)c1. The van der Waals surface area contributed by atoms with Crippen LogP contribution in [0.2, 0.25) is 0 Å². The van der Waals surface area contributed by atoms with Crippen molar-refractivity contribution in [3.8, 4) is 0 Å². The number of nitrogens with zero attached hydrogens (tertiary/aromatic N) is 1. The van der Waals surface area contributed by atoms with Crippen molar-refractivity contribution < 1.29 is 0 Å². The molecule has 16 heavy (non-hydrogen) atoms. The van der Waals surface area contributed by atoms with E-state index in [1.54, 1.807) is 0 Å². The molecule has 2 N–H and O–H groups in total. The standard InChI is InChI=1S/C14H22N2/c1-2-4-12-5-3-6-14(9-12)16-8-7-13(10-15)11-16/h3,5-6,9,13H,2,4,7-8,10-11,15H2,1H3. The summed E-state index contributed by atoms with van der Waals surface area (Å²) in [6.07, 6.45) is 3.64. The normalized spacial score (nSPS) is 20.4. The highest BCUT2D eigenvalue weighted by Gasteiger charge is 2.21. The van der Waals surface area contributed by atoms with Crippen LogP contribution in [0, 0.1) is 5.92 Å². The Morgan fingerprint density at radius 3 is 3.00 bits per heavy atom. The summed E-state index contributed by atoms with van der Waals surface area (Å²) in [5.41, 5.74) is 8.56. The molecule has 1 aliphatic rings. The van der Waals surface area contributed by atoms with E-state index in [-0.39, 0.29) is 0 Å². The van der Waals surface area contributed by atoms with Crippen LogP contribution in [0.5, 0.6) is 0 Å². The van der Waals surface area contributed by atoms with Gasteiger partial charge in [0.05, 0.1) is 0 Å². The van der Waals surface area contributed by atoms with E-state index in [2.05, 4.69) is 36.1 Å². The van der Waals surface area contributed by atoms with Crippen molar-refractivity contribution in [1.82, 2.24) is 0 Å². The summed E-state index contributed by atoms with van der Waals surface area (Å²) >= 11 is 0. The molecule has 1 saturated heterocycles. The Morgan fingerprint density at radius 2 is 2.31 bits per heavy atom. The minimum absolute atomic E-state index is 0.690. The second kappa shape index (κ2) is 5.35. The predicted molar refractivity (Wildman–Crippen MR) is 69.8 cm³/mol. The van der Waals surface area contributed by atoms with Gasteiger partial charge in [0, 0.05) is 18.8 Å². The molecule has 0 spiro atoms. The third kappa shape index (κ3) is 2.56. The van der Waals surface area contributed by atoms with Crippen molar-refractivity contribution >= 4 is 5.69 Å². The van der Waals surface area contributed by atoms with Gasteiger partial charge in [-0.3, -0.25) is 0 Å². The fourth-order valence-corrected chi connectivity index (χ4v) is 2.46. The van der Waals surface area contributed by atoms with Gasteiger partial charge in [0.25, 0.3) is 0 Å². The number of benzene rings is 1. The highest BCUT2D eigenvalue weighted by atomic mass is 15.2. The largest absolute Gasteiger partial charge is 0.371 e. The Kier molecular flexibility index (Phi) is 3.83. The Morgan fingerprint density at radius 1 is 1.44 bits per heavy atom. The molecule has 2 heteroatoms. The second-order valence-electron chi connectivity index (χ2n) is 4.76. The van der Waals surface area contributed by atoms with Gasteiger partial charge in [-0.2, -0.15) is 0 Å². The minimum atomic E-state index is 0.690. The summed E-state index contributed by atoms with van der Waals surface area (Å²) in [4.78, 5) is 2.47. The van der Waals surface area contributed by atoms with E-state index in [1.165, 1.54) is 30.5 Å². The number of rotatable bonds is 4. The van der Waals surface area contributed by atoms with E-state index in [0.717, 1.165) is 19.6 Å². The molecule has 88 valence electrons. The molecule has 2 rings (SSSR count). The molecule has 0 aromatic heterocycles. The molecule has 1 atom stereocenters. The quantitative estimate of drug-likeness (QED) is 0.841. The molecule has 1 fully saturated rings. The smallest absolute Gasteiger partial charge is 0.0369 e. The average molecular weight is 218 g/mol. The zero-order chi connectivity index (χ0) is 11.4. The van der Waals surface area contributed by atoms with Crippen LogP contribution in [-0.4, -0.2) is 19.6 Å². The molecule has 2 nitrogen and oxygen atoms in total. The van der Waals surface area contributed by atoms with Crippen LogP contribution in [0.25, 0.3) is 0 Å². The third-order valence-corrected chi connectivity index (χ3v) is 3.43. The van der Waals surface area contributed by atoms with Gasteiger partial charge in [-0.1, -0.05) is 25.5 Å². The fourth-order valence-electron chi connectivity index (χ4n) is 2.46. The molecule has 1 aromatic rings. The van der Waals surface area contributed by atoms with Crippen molar-refractivity contribution in [3.05, 3.63) is 29.8 Å². The van der Waals surface area contributed by atoms with Crippen molar-refractivity contribution in [2.45, 2.75) is 26.2 Å². The zero-order valence-corrected chi connectivity index (χ0v) is 10.2. The molecule has 1 aliphatic heterocycles. The first-order valence-corrected chi connectivity index (χ1v) is 6.37. The molecule has 0 bridgehead atoms. The first-order chi connectivity index (χ1) is 7.83. The van der Waals surface area contributed by atoms with Crippen molar-refractivity contribution in [3.63, 3.8) is 0 Å². The lowest BCUT2D eigenvalue weighted by Crippen LogP contribution is -2.22. The zero-order valence-electron chi connectivity index (χ0n) is 10.2. The van der Waals surface area contributed by atoms with E-state index in [4.69, 9.17) is 5.73 Å². The number of hydrogen-bond donors (Lipinski definition) is 1. The van der Waals surface area contributed by atoms with Crippen LogP contribution in [-0.2, 0) is 6.42 Å². The van der Waals surface area contributed by atoms with Gasteiger partial charge in [0.1, 0.15) is 0 Å². The van der Waals surface area contributed by atoms with Crippen molar-refractivity contribution in [1.29, 1.82) is 0 Å². The lowest BCUT2D eigenvalue weighted by Gasteiger charge is -2.19. The first kappa shape index (κ1) is 11.5. The van der Waals surface area contributed by atoms with Gasteiger partial charge < -0.3 is 10.6 Å². The average Bonchev–Trinajstić information content (AvgIpc) is 2.78. The molecular weight excluding hydrogens is 196 g/mol. The maximum atomic E-state index is 5.73. The Bertz CT molecular complexity index is 335. The second-order valence-corrected chi connectivity index (χ2v) is 4.76. The van der Waals surface area contributed by atoms with Crippen molar-refractivity contribution in [2.24, 2.45) is 11.7 Å². The lowest BCUT2D eigenvalue weighted by atomic mass is 10.1. The molecule has 1 unspecified atom stereocenters. The molecule has 0 saturated carbocycles. The first-order valence-electron chi connectivity index (χ1n) is 6.37. The van der Waals surface area contributed by atoms with Crippen LogP contribution >= 0.6 is 0 Å². The van der Waals surface area contributed by atoms with E-state index in [1.807, 2.05) is 0 Å². The van der Waals surface area contributed by atoms with Gasteiger partial charge in [0.15, 0.2) is 0 Å². The lowest BCUT2D eigenvalue weighted by molar-refractivity contribution is 0.602. The van der Waals surface area contributed by atoms with Gasteiger partial charge in [-0.15, -0.1) is 0 Å². The predicted octanol–water partition coefficient (Wildman–Crippen LogP) is 2.42. The summed E-state index contributed by atoms with van der Waals surface area (Å²) in [6, 6.07) is 8.96. The summed E-state index contributed by atoms with van der Waals surface area (Å²) in [6.45, 7) is 5.35. The number of anilines is 1. The van der Waals surface area contributed by atoms with Crippen LogP contribution in [0.3, 0.4) is 0 Å². The summed E-state index contributed by atoms with van der Waals surface area (Å²) < 4.78 is 0. The van der Waals surface area contributed by atoms with E-state index in [0.29, 0.717) is 5.92 Å². The van der Waals surface area contributed by atoms with Crippen molar-refractivity contribution in [2.75, 3.05) is 24.5 Å². The maximum Gasteiger partial charge on any atom is 0.0369 e. The van der Waals surface area contributed by atoms with Gasteiger partial charge in [-0.25, -0.2) is 0 Å². The Hall–Kier alpha value is -1.02. The monoisotopic (exact) mass is 218 g/mol. The molecular formula is C14H22N2. The van der Waals surface area contributed by atoms with Crippen LogP contribution < -0.4 is 10.6 Å². The van der Waals surface area contributed by atoms with E-state index < -0.39 is 0 Å². The highest BCUT2D eigenvalue weighted by molar-refractivity contribution is 5.49. The molecule has 0 radical (unpaired) electrons. The number of hydrogen-bond acceptors (Lipinski definition) is 2.